The van der Waals surface area contributed by atoms with Gasteiger partial charge < -0.3 is 5.11 Å². The van der Waals surface area contributed by atoms with Gasteiger partial charge in [0.1, 0.15) is 5.82 Å². The Balaban J connectivity index is 2.46. The molecule has 1 nitrogen and oxygen atoms in total. The van der Waals surface area contributed by atoms with E-state index in [1.165, 1.54) is 6.07 Å². The zero-order valence-corrected chi connectivity index (χ0v) is 12.5. The van der Waals surface area contributed by atoms with Crippen LogP contribution in [-0.2, 0) is 5.60 Å². The molecular weight excluding hydrogens is 263 g/mol. The molecule has 1 fully saturated rings. The van der Waals surface area contributed by atoms with Crippen molar-refractivity contribution in [2.75, 3.05) is 0 Å². The van der Waals surface area contributed by atoms with E-state index in [-0.39, 0.29) is 5.92 Å². The zero-order valence-electron chi connectivity index (χ0n) is 11.8. The average Bonchev–Trinajstić information content (AvgIpc) is 2.27. The fraction of sp³-hybridized carbons (Fsp3) is 0.625. The molecule has 106 valence electrons. The van der Waals surface area contributed by atoms with Gasteiger partial charge in [0.05, 0.1) is 5.60 Å². The molecule has 3 atom stereocenters. The van der Waals surface area contributed by atoms with E-state index in [1.54, 1.807) is 12.1 Å². The highest BCUT2D eigenvalue weighted by atomic mass is 35.5. The van der Waals surface area contributed by atoms with Crippen LogP contribution in [0.15, 0.2) is 18.2 Å². The molecule has 0 bridgehead atoms. The minimum atomic E-state index is -1.07. The van der Waals surface area contributed by atoms with Gasteiger partial charge in [0.15, 0.2) is 0 Å². The van der Waals surface area contributed by atoms with Gasteiger partial charge in [-0.1, -0.05) is 44.9 Å². The van der Waals surface area contributed by atoms with Gasteiger partial charge in [-0.2, -0.15) is 0 Å². The molecule has 0 heterocycles. The van der Waals surface area contributed by atoms with Crippen molar-refractivity contribution < 1.29 is 9.50 Å². The van der Waals surface area contributed by atoms with Crippen molar-refractivity contribution in [3.05, 3.63) is 34.6 Å². The molecule has 0 radical (unpaired) electrons. The summed E-state index contributed by atoms with van der Waals surface area (Å²) in [5.41, 5.74) is -0.664. The summed E-state index contributed by atoms with van der Waals surface area (Å²) in [6, 6.07) is 4.60. The topological polar surface area (TPSA) is 20.2 Å². The Bertz CT molecular complexity index is 460. The van der Waals surface area contributed by atoms with Crippen molar-refractivity contribution >= 4 is 11.6 Å². The third kappa shape index (κ3) is 2.80. The lowest BCUT2D eigenvalue weighted by molar-refractivity contribution is -0.0887. The number of aliphatic hydroxyl groups is 1. The first-order valence-corrected chi connectivity index (χ1v) is 7.40. The van der Waals surface area contributed by atoms with Crippen LogP contribution in [-0.4, -0.2) is 5.11 Å². The van der Waals surface area contributed by atoms with E-state index in [2.05, 4.69) is 20.8 Å². The van der Waals surface area contributed by atoms with Crippen LogP contribution in [0.25, 0.3) is 0 Å². The molecule has 2 rings (SSSR count). The molecule has 0 aromatic heterocycles. The summed E-state index contributed by atoms with van der Waals surface area (Å²) < 4.78 is 14.2. The first-order chi connectivity index (χ1) is 8.84. The first kappa shape index (κ1) is 14.8. The Kier molecular flexibility index (Phi) is 4.22. The van der Waals surface area contributed by atoms with E-state index in [0.29, 0.717) is 28.8 Å². The molecule has 1 saturated carbocycles. The third-order valence-electron chi connectivity index (χ3n) is 4.45. The lowest BCUT2D eigenvalue weighted by Gasteiger charge is -2.45. The van der Waals surface area contributed by atoms with E-state index in [0.717, 1.165) is 12.8 Å². The molecule has 3 heteroatoms. The van der Waals surface area contributed by atoms with Crippen LogP contribution in [0.3, 0.4) is 0 Å². The monoisotopic (exact) mass is 284 g/mol. The maximum absolute atomic E-state index is 14.2. The molecule has 1 aliphatic carbocycles. The number of rotatable bonds is 2. The van der Waals surface area contributed by atoms with Crippen molar-refractivity contribution in [3.63, 3.8) is 0 Å². The lowest BCUT2D eigenvalue weighted by Crippen LogP contribution is -2.43. The molecule has 1 N–H and O–H groups in total. The van der Waals surface area contributed by atoms with E-state index in [9.17, 15) is 9.50 Å². The minimum absolute atomic E-state index is 0.0966. The molecule has 1 aromatic rings. The predicted molar refractivity (Wildman–Crippen MR) is 76.6 cm³/mol. The quantitative estimate of drug-likeness (QED) is 0.830. The Morgan fingerprint density at radius 3 is 2.63 bits per heavy atom. The van der Waals surface area contributed by atoms with Crippen molar-refractivity contribution in [2.24, 2.45) is 17.8 Å². The second-order valence-electron chi connectivity index (χ2n) is 6.29. The highest BCUT2D eigenvalue weighted by Crippen LogP contribution is 2.48. The summed E-state index contributed by atoms with van der Waals surface area (Å²) in [5, 5.41) is 11.5. The molecule has 0 amide bonds. The molecule has 1 aliphatic rings. The largest absolute Gasteiger partial charge is 0.385 e. The smallest absolute Gasteiger partial charge is 0.130 e. The van der Waals surface area contributed by atoms with Gasteiger partial charge in [-0.3, -0.25) is 0 Å². The second-order valence-corrected chi connectivity index (χ2v) is 6.72. The van der Waals surface area contributed by atoms with Gasteiger partial charge >= 0.3 is 0 Å². The van der Waals surface area contributed by atoms with Crippen LogP contribution >= 0.6 is 11.6 Å². The Morgan fingerprint density at radius 1 is 1.37 bits per heavy atom. The maximum atomic E-state index is 14.2. The molecule has 3 unspecified atom stereocenters. The zero-order chi connectivity index (χ0) is 14.2. The predicted octanol–water partition coefficient (Wildman–Crippen LogP) is 4.76. The normalized spacial score (nSPS) is 31.7. The van der Waals surface area contributed by atoms with Gasteiger partial charge in [-0.15, -0.1) is 0 Å². The van der Waals surface area contributed by atoms with Crippen molar-refractivity contribution in [3.8, 4) is 0 Å². The fourth-order valence-corrected chi connectivity index (χ4v) is 3.68. The van der Waals surface area contributed by atoms with E-state index < -0.39 is 11.4 Å². The Labute approximate surface area is 119 Å². The second kappa shape index (κ2) is 5.41. The van der Waals surface area contributed by atoms with Crippen LogP contribution in [0.5, 0.6) is 0 Å². The maximum Gasteiger partial charge on any atom is 0.130 e. The number of hydrogen-bond acceptors (Lipinski definition) is 1. The van der Waals surface area contributed by atoms with E-state index in [1.807, 2.05) is 0 Å². The highest BCUT2D eigenvalue weighted by molar-refractivity contribution is 6.30. The average molecular weight is 285 g/mol. The summed E-state index contributed by atoms with van der Waals surface area (Å²) in [7, 11) is 0. The van der Waals surface area contributed by atoms with Crippen LogP contribution in [0.1, 0.15) is 45.6 Å². The summed E-state index contributed by atoms with van der Waals surface area (Å²) in [6.45, 7) is 6.31. The van der Waals surface area contributed by atoms with Crippen LogP contribution in [0.4, 0.5) is 4.39 Å². The number of halogens is 2. The SMILES string of the molecule is CC1CCC(C(C)C)C(O)(c2ccc(Cl)cc2F)C1. The van der Waals surface area contributed by atoms with E-state index >= 15 is 0 Å². The molecule has 0 saturated heterocycles. The van der Waals surface area contributed by atoms with E-state index in [4.69, 9.17) is 11.6 Å². The van der Waals surface area contributed by atoms with Crippen LogP contribution in [0, 0.1) is 23.6 Å². The lowest BCUT2D eigenvalue weighted by atomic mass is 9.64. The van der Waals surface area contributed by atoms with Crippen LogP contribution in [0.2, 0.25) is 5.02 Å². The minimum Gasteiger partial charge on any atom is -0.385 e. The summed E-state index contributed by atoms with van der Waals surface area (Å²) in [4.78, 5) is 0. The molecule has 0 aliphatic heterocycles. The van der Waals surface area contributed by atoms with Gasteiger partial charge in [0.2, 0.25) is 0 Å². The standard InChI is InChI=1S/C16H22ClFO/c1-10(2)13-6-4-11(3)9-16(13,19)14-7-5-12(17)8-15(14)18/h5,7-8,10-11,13,19H,4,6,9H2,1-3H3. The third-order valence-corrected chi connectivity index (χ3v) is 4.68. The molecule has 19 heavy (non-hydrogen) atoms. The fourth-order valence-electron chi connectivity index (χ4n) is 3.52. The van der Waals surface area contributed by atoms with Gasteiger partial charge in [-0.25, -0.2) is 4.39 Å². The highest BCUT2D eigenvalue weighted by Gasteiger charge is 2.45. The van der Waals surface area contributed by atoms with Crippen LogP contribution < -0.4 is 0 Å². The van der Waals surface area contributed by atoms with Crippen molar-refractivity contribution in [2.45, 2.75) is 45.6 Å². The molecule has 0 spiro atoms. The summed E-state index contributed by atoms with van der Waals surface area (Å²) in [6.07, 6.45) is 2.66. The molecular formula is C16H22ClFO. The van der Waals surface area contributed by atoms with Crippen molar-refractivity contribution in [1.29, 1.82) is 0 Å². The van der Waals surface area contributed by atoms with Gasteiger partial charge in [0, 0.05) is 10.6 Å². The first-order valence-electron chi connectivity index (χ1n) is 7.02. The summed E-state index contributed by atoms with van der Waals surface area (Å²) in [5.74, 6) is 0.441. The van der Waals surface area contributed by atoms with Gasteiger partial charge in [-0.05, 0) is 42.7 Å². The summed E-state index contributed by atoms with van der Waals surface area (Å²) >= 11 is 5.81. The number of hydrogen-bond donors (Lipinski definition) is 1. The Hall–Kier alpha value is -0.600. The number of benzene rings is 1. The van der Waals surface area contributed by atoms with Crippen molar-refractivity contribution in [1.82, 2.24) is 0 Å². The van der Waals surface area contributed by atoms with Gasteiger partial charge in [0.25, 0.3) is 0 Å². The molecule has 1 aromatic carbocycles. The Morgan fingerprint density at radius 2 is 2.05 bits per heavy atom.